The molecule has 0 aliphatic heterocycles. The van der Waals surface area contributed by atoms with Gasteiger partial charge in [0.1, 0.15) is 5.01 Å². The Hall–Kier alpha value is -2.43. The van der Waals surface area contributed by atoms with E-state index in [0.717, 1.165) is 5.69 Å². The van der Waals surface area contributed by atoms with Gasteiger partial charge in [0.2, 0.25) is 5.91 Å². The van der Waals surface area contributed by atoms with E-state index in [1.807, 2.05) is 26.2 Å². The maximum absolute atomic E-state index is 12.8. The normalized spacial score (nSPS) is 11.2. The number of rotatable bonds is 9. The number of hydrogen-bond donors (Lipinski definition) is 1. The fourth-order valence-electron chi connectivity index (χ4n) is 2.95. The molecular weight excluding hydrogens is 516 g/mol. The van der Waals surface area contributed by atoms with Crippen molar-refractivity contribution in [2.24, 2.45) is 0 Å². The highest BCUT2D eigenvalue weighted by Gasteiger charge is 2.20. The van der Waals surface area contributed by atoms with Crippen molar-refractivity contribution in [2.45, 2.75) is 32.1 Å². The van der Waals surface area contributed by atoms with Gasteiger partial charge in [-0.2, -0.15) is 0 Å². The molecule has 2 aromatic carbocycles. The molecule has 0 radical (unpaired) electrons. The van der Waals surface area contributed by atoms with E-state index in [9.17, 15) is 13.2 Å². The smallest absolute Gasteiger partial charge is 0.264 e. The Morgan fingerprint density at radius 2 is 1.81 bits per heavy atom. The predicted molar refractivity (Wildman–Crippen MR) is 128 cm³/mol. The van der Waals surface area contributed by atoms with Crippen molar-refractivity contribution in [1.29, 1.82) is 0 Å². The van der Waals surface area contributed by atoms with E-state index in [0.29, 0.717) is 45.3 Å². The van der Waals surface area contributed by atoms with E-state index in [1.54, 1.807) is 24.3 Å². The van der Waals surface area contributed by atoms with E-state index in [4.69, 9.17) is 9.47 Å². The van der Waals surface area contributed by atoms with Gasteiger partial charge in [-0.1, -0.05) is 28.1 Å². The van der Waals surface area contributed by atoms with Crippen LogP contribution in [0.4, 0.5) is 0 Å². The molecule has 7 nitrogen and oxygen atoms in total. The summed E-state index contributed by atoms with van der Waals surface area (Å²) in [7, 11) is -4.05. The summed E-state index contributed by atoms with van der Waals surface area (Å²) in [4.78, 5) is 17.0. The molecule has 3 aromatic rings. The zero-order valence-corrected chi connectivity index (χ0v) is 21.1. The number of benzene rings is 2. The number of sulfonamides is 1. The number of ether oxygens (including phenoxy) is 2. The van der Waals surface area contributed by atoms with Crippen molar-refractivity contribution in [2.75, 3.05) is 13.2 Å². The van der Waals surface area contributed by atoms with E-state index in [2.05, 4.69) is 25.6 Å². The number of aryl methyl sites for hydroxylation is 1. The average Bonchev–Trinajstić information content (AvgIpc) is 3.18. The molecule has 170 valence electrons. The maximum Gasteiger partial charge on any atom is 0.264 e. The molecule has 0 aliphatic rings. The lowest BCUT2D eigenvalue weighted by Crippen LogP contribution is -2.31. The quantitative estimate of drug-likeness (QED) is 0.423. The van der Waals surface area contributed by atoms with Crippen LogP contribution in [0.2, 0.25) is 0 Å². The Bertz CT molecular complexity index is 1220. The zero-order valence-electron chi connectivity index (χ0n) is 17.8. The minimum atomic E-state index is -4.05. The fraction of sp³-hybridized carbons (Fsp3) is 0.273. The second-order valence-electron chi connectivity index (χ2n) is 6.78. The van der Waals surface area contributed by atoms with Crippen molar-refractivity contribution < 1.29 is 22.7 Å². The molecule has 0 saturated heterocycles. The average molecular weight is 539 g/mol. The summed E-state index contributed by atoms with van der Waals surface area (Å²) >= 11 is 4.85. The number of nitrogens with one attached hydrogen (secondary N) is 1. The van der Waals surface area contributed by atoms with Crippen LogP contribution in [0, 0.1) is 6.92 Å². The van der Waals surface area contributed by atoms with Crippen LogP contribution in [0.5, 0.6) is 11.5 Å². The molecule has 0 fully saturated rings. The summed E-state index contributed by atoms with van der Waals surface area (Å²) in [5, 5.41) is 2.61. The van der Waals surface area contributed by atoms with Crippen LogP contribution < -0.4 is 14.2 Å². The van der Waals surface area contributed by atoms with Gasteiger partial charge in [0.15, 0.2) is 11.5 Å². The summed E-state index contributed by atoms with van der Waals surface area (Å²) < 4.78 is 39.5. The number of carbonyl (C=O) groups is 1. The van der Waals surface area contributed by atoms with Crippen molar-refractivity contribution >= 4 is 43.2 Å². The fourth-order valence-corrected chi connectivity index (χ4v) is 5.24. The van der Waals surface area contributed by atoms with Crippen molar-refractivity contribution in [1.82, 2.24) is 9.71 Å². The van der Waals surface area contributed by atoms with Gasteiger partial charge in [-0.3, -0.25) is 4.79 Å². The molecule has 1 N–H and O–H groups in total. The molecule has 1 amide bonds. The molecular formula is C22H23BrN2O5S2. The molecule has 0 spiro atoms. The van der Waals surface area contributed by atoms with Crippen LogP contribution >= 0.6 is 27.3 Å². The van der Waals surface area contributed by atoms with Crippen LogP contribution in [-0.2, 0) is 21.2 Å². The minimum absolute atomic E-state index is 0.00281. The molecule has 0 atom stereocenters. The molecule has 1 aromatic heterocycles. The summed E-state index contributed by atoms with van der Waals surface area (Å²) in [5.41, 5.74) is 2.12. The summed E-state index contributed by atoms with van der Waals surface area (Å²) in [6.07, 6.45) is -0.155. The molecule has 1 heterocycles. The Labute approximate surface area is 200 Å². The summed E-state index contributed by atoms with van der Waals surface area (Å²) in [5.74, 6) is 0.384. The molecule has 0 saturated carbocycles. The largest absolute Gasteiger partial charge is 0.490 e. The van der Waals surface area contributed by atoms with Crippen LogP contribution in [0.1, 0.15) is 25.1 Å². The monoisotopic (exact) mass is 538 g/mol. The lowest BCUT2D eigenvalue weighted by Gasteiger charge is -2.14. The standard InChI is InChI=1S/C22H23BrN2O5S2/c1-4-29-19-10-16(18(23)12-20(19)30-5-2)11-21(26)25-32(27,28)17-8-6-7-15(9-17)22-24-14(3)13-31-22/h6-10,12-13H,4-5,11H2,1-3H3,(H,25,26). The number of halogens is 1. The Morgan fingerprint density at radius 3 is 2.44 bits per heavy atom. The Balaban J connectivity index is 1.79. The van der Waals surface area contributed by atoms with Crippen molar-refractivity contribution in [3.05, 3.63) is 57.5 Å². The lowest BCUT2D eigenvalue weighted by molar-refractivity contribution is -0.118. The van der Waals surface area contributed by atoms with Gasteiger partial charge < -0.3 is 9.47 Å². The third-order valence-corrected chi connectivity index (χ3v) is 7.44. The SMILES string of the molecule is CCOc1cc(Br)c(CC(=O)NS(=O)(=O)c2cccc(-c3nc(C)cs3)c2)cc1OCC. The van der Waals surface area contributed by atoms with Crippen LogP contribution in [0.15, 0.2) is 51.1 Å². The maximum atomic E-state index is 12.8. The Morgan fingerprint density at radius 1 is 1.12 bits per heavy atom. The van der Waals surface area contributed by atoms with Gasteiger partial charge in [0, 0.05) is 21.1 Å². The first-order chi connectivity index (χ1) is 15.2. The van der Waals surface area contributed by atoms with Gasteiger partial charge in [0.05, 0.1) is 24.5 Å². The number of hydrogen-bond acceptors (Lipinski definition) is 7. The third-order valence-electron chi connectivity index (χ3n) is 4.32. The number of carbonyl (C=O) groups excluding carboxylic acids is 1. The van der Waals surface area contributed by atoms with E-state index in [-0.39, 0.29) is 11.3 Å². The number of thiazole rings is 1. The molecule has 32 heavy (non-hydrogen) atoms. The van der Waals surface area contributed by atoms with Crippen LogP contribution in [0.25, 0.3) is 10.6 Å². The van der Waals surface area contributed by atoms with Crippen molar-refractivity contribution in [3.8, 4) is 22.1 Å². The van der Waals surface area contributed by atoms with Crippen LogP contribution in [-0.4, -0.2) is 32.5 Å². The third kappa shape index (κ3) is 5.87. The first-order valence-electron chi connectivity index (χ1n) is 9.89. The zero-order chi connectivity index (χ0) is 23.3. The highest BCUT2D eigenvalue weighted by molar-refractivity contribution is 9.10. The molecule has 3 rings (SSSR count). The van der Waals surface area contributed by atoms with Gasteiger partial charge >= 0.3 is 0 Å². The predicted octanol–water partition coefficient (Wildman–Crippen LogP) is 4.73. The van der Waals surface area contributed by atoms with E-state index in [1.165, 1.54) is 23.5 Å². The Kier molecular flexibility index (Phi) is 7.91. The highest BCUT2D eigenvalue weighted by Crippen LogP contribution is 2.34. The second-order valence-corrected chi connectivity index (χ2v) is 10.2. The number of aromatic nitrogens is 1. The van der Waals surface area contributed by atoms with Crippen LogP contribution in [0.3, 0.4) is 0 Å². The first kappa shape index (κ1) is 24.2. The number of amides is 1. The topological polar surface area (TPSA) is 94.6 Å². The van der Waals surface area contributed by atoms with Gasteiger partial charge in [0.25, 0.3) is 10.0 Å². The van der Waals surface area contributed by atoms with E-state index < -0.39 is 15.9 Å². The molecule has 0 bridgehead atoms. The van der Waals surface area contributed by atoms with Gasteiger partial charge in [-0.05, 0) is 50.6 Å². The highest BCUT2D eigenvalue weighted by atomic mass is 79.9. The van der Waals surface area contributed by atoms with Gasteiger partial charge in [-0.25, -0.2) is 18.1 Å². The second kappa shape index (κ2) is 10.5. The molecule has 0 aliphatic carbocycles. The lowest BCUT2D eigenvalue weighted by atomic mass is 10.1. The van der Waals surface area contributed by atoms with E-state index >= 15 is 0 Å². The minimum Gasteiger partial charge on any atom is -0.490 e. The summed E-state index contributed by atoms with van der Waals surface area (Å²) in [6, 6.07) is 9.75. The summed E-state index contributed by atoms with van der Waals surface area (Å²) in [6.45, 7) is 6.47. The molecule has 10 heteroatoms. The van der Waals surface area contributed by atoms with Gasteiger partial charge in [-0.15, -0.1) is 11.3 Å². The first-order valence-corrected chi connectivity index (χ1v) is 13.0. The van der Waals surface area contributed by atoms with Crippen molar-refractivity contribution in [3.63, 3.8) is 0 Å². The molecule has 0 unspecified atom stereocenters. The number of nitrogens with zero attached hydrogens (tertiary/aromatic N) is 1.